The second-order valence-corrected chi connectivity index (χ2v) is 5.88. The standard InChI is InChI=1S/C17H19N5O/c1-20-9-14(8-19-20)10-22-11-16(22)12-23-17-4-2-15(3-5-17)21-7-6-18-13-21/h2-9,13,16H,10-12H2,1H3. The number of aromatic nitrogens is 4. The van der Waals surface area contributed by atoms with E-state index in [0.29, 0.717) is 6.04 Å². The van der Waals surface area contributed by atoms with Crippen LogP contribution in [0, 0.1) is 0 Å². The van der Waals surface area contributed by atoms with Gasteiger partial charge in [0.25, 0.3) is 0 Å². The number of hydrogen-bond acceptors (Lipinski definition) is 4. The first-order chi connectivity index (χ1) is 11.3. The minimum Gasteiger partial charge on any atom is -0.492 e. The molecule has 0 radical (unpaired) electrons. The zero-order valence-electron chi connectivity index (χ0n) is 13.0. The third kappa shape index (κ3) is 3.27. The Hall–Kier alpha value is -2.60. The average Bonchev–Trinajstić information content (AvgIpc) is 2.93. The van der Waals surface area contributed by atoms with Crippen LogP contribution < -0.4 is 4.74 Å². The van der Waals surface area contributed by atoms with Gasteiger partial charge < -0.3 is 9.30 Å². The van der Waals surface area contributed by atoms with Crippen molar-refractivity contribution in [3.8, 4) is 11.4 Å². The Morgan fingerprint density at radius 3 is 2.83 bits per heavy atom. The summed E-state index contributed by atoms with van der Waals surface area (Å²) in [5.41, 5.74) is 2.33. The van der Waals surface area contributed by atoms with Gasteiger partial charge in [0.2, 0.25) is 0 Å². The van der Waals surface area contributed by atoms with Crippen molar-refractivity contribution in [2.45, 2.75) is 12.6 Å². The van der Waals surface area contributed by atoms with Crippen molar-refractivity contribution < 1.29 is 4.74 Å². The molecule has 1 saturated heterocycles. The lowest BCUT2D eigenvalue weighted by Crippen LogP contribution is -2.10. The van der Waals surface area contributed by atoms with E-state index in [1.807, 2.05) is 53.0 Å². The van der Waals surface area contributed by atoms with Crippen LogP contribution in [0.2, 0.25) is 0 Å². The minimum atomic E-state index is 0.503. The van der Waals surface area contributed by atoms with Crippen molar-refractivity contribution in [2.75, 3.05) is 13.2 Å². The lowest BCUT2D eigenvalue weighted by atomic mass is 10.3. The van der Waals surface area contributed by atoms with Crippen molar-refractivity contribution in [3.05, 3.63) is 60.9 Å². The van der Waals surface area contributed by atoms with E-state index < -0.39 is 0 Å². The molecule has 2 aromatic heterocycles. The smallest absolute Gasteiger partial charge is 0.119 e. The lowest BCUT2D eigenvalue weighted by molar-refractivity contribution is 0.293. The highest BCUT2D eigenvalue weighted by Gasteiger charge is 2.34. The predicted octanol–water partition coefficient (Wildman–Crippen LogP) is 1.87. The third-order valence-corrected chi connectivity index (χ3v) is 4.05. The van der Waals surface area contributed by atoms with E-state index in [2.05, 4.69) is 21.2 Å². The fourth-order valence-electron chi connectivity index (χ4n) is 2.68. The van der Waals surface area contributed by atoms with Gasteiger partial charge in [-0.25, -0.2) is 4.98 Å². The number of nitrogens with zero attached hydrogens (tertiary/aromatic N) is 5. The molecule has 1 aliphatic rings. The first kappa shape index (κ1) is 14.0. The Kier molecular flexibility index (Phi) is 3.59. The van der Waals surface area contributed by atoms with Crippen LogP contribution in [-0.2, 0) is 13.6 Å². The number of aryl methyl sites for hydroxylation is 1. The van der Waals surface area contributed by atoms with Crippen LogP contribution in [0.25, 0.3) is 5.69 Å². The molecule has 2 unspecified atom stereocenters. The molecule has 2 atom stereocenters. The molecule has 118 valence electrons. The van der Waals surface area contributed by atoms with Crippen molar-refractivity contribution >= 4 is 0 Å². The molecule has 0 bridgehead atoms. The summed E-state index contributed by atoms with van der Waals surface area (Å²) in [7, 11) is 1.94. The highest BCUT2D eigenvalue weighted by molar-refractivity contribution is 5.37. The van der Waals surface area contributed by atoms with E-state index in [1.165, 1.54) is 5.56 Å². The molecule has 0 N–H and O–H groups in total. The summed E-state index contributed by atoms with van der Waals surface area (Å²) in [6.45, 7) is 2.76. The van der Waals surface area contributed by atoms with E-state index in [-0.39, 0.29) is 0 Å². The number of ether oxygens (including phenoxy) is 1. The van der Waals surface area contributed by atoms with Crippen LogP contribution in [0.1, 0.15) is 5.56 Å². The zero-order valence-corrected chi connectivity index (χ0v) is 13.0. The maximum atomic E-state index is 5.89. The second kappa shape index (κ2) is 5.89. The highest BCUT2D eigenvalue weighted by Crippen LogP contribution is 2.23. The summed E-state index contributed by atoms with van der Waals surface area (Å²) in [5, 5.41) is 4.20. The van der Waals surface area contributed by atoms with Crippen LogP contribution in [0.3, 0.4) is 0 Å². The normalized spacial score (nSPS) is 19.7. The lowest BCUT2D eigenvalue weighted by Gasteiger charge is -2.08. The molecule has 1 aliphatic heterocycles. The van der Waals surface area contributed by atoms with Gasteiger partial charge in [0.1, 0.15) is 12.4 Å². The summed E-state index contributed by atoms with van der Waals surface area (Å²) in [6.07, 6.45) is 9.47. The number of imidazole rings is 1. The van der Waals surface area contributed by atoms with Crippen molar-refractivity contribution in [2.24, 2.45) is 7.05 Å². The number of rotatable bonds is 6. The quantitative estimate of drug-likeness (QED) is 0.652. The van der Waals surface area contributed by atoms with E-state index >= 15 is 0 Å². The monoisotopic (exact) mass is 309 g/mol. The highest BCUT2D eigenvalue weighted by atomic mass is 16.5. The molecule has 3 heterocycles. The van der Waals surface area contributed by atoms with Crippen LogP contribution in [-0.4, -0.2) is 43.4 Å². The van der Waals surface area contributed by atoms with Crippen LogP contribution in [0.5, 0.6) is 5.75 Å². The largest absolute Gasteiger partial charge is 0.492 e. The number of benzene rings is 1. The molecule has 6 nitrogen and oxygen atoms in total. The Bertz CT molecular complexity index is 763. The fraction of sp³-hybridized carbons (Fsp3) is 0.294. The Morgan fingerprint density at radius 2 is 2.13 bits per heavy atom. The van der Waals surface area contributed by atoms with Gasteiger partial charge in [-0.1, -0.05) is 0 Å². The summed E-state index contributed by atoms with van der Waals surface area (Å²) < 4.78 is 9.70. The summed E-state index contributed by atoms with van der Waals surface area (Å²) >= 11 is 0. The fourth-order valence-corrected chi connectivity index (χ4v) is 2.68. The molecule has 3 aromatic rings. The van der Waals surface area contributed by atoms with Crippen LogP contribution >= 0.6 is 0 Å². The second-order valence-electron chi connectivity index (χ2n) is 5.88. The van der Waals surface area contributed by atoms with Gasteiger partial charge in [-0.3, -0.25) is 9.58 Å². The summed E-state index contributed by atoms with van der Waals surface area (Å²) in [4.78, 5) is 6.44. The van der Waals surface area contributed by atoms with Crippen molar-refractivity contribution in [1.82, 2.24) is 24.2 Å². The van der Waals surface area contributed by atoms with Gasteiger partial charge in [-0.15, -0.1) is 0 Å². The van der Waals surface area contributed by atoms with Gasteiger partial charge in [-0.2, -0.15) is 5.10 Å². The molecular weight excluding hydrogens is 290 g/mol. The van der Waals surface area contributed by atoms with Gasteiger partial charge in [0.05, 0.1) is 18.6 Å². The van der Waals surface area contributed by atoms with E-state index in [1.54, 1.807) is 12.5 Å². The molecule has 0 spiro atoms. The van der Waals surface area contributed by atoms with Gasteiger partial charge in [0, 0.05) is 50.0 Å². The Balaban J connectivity index is 1.27. The van der Waals surface area contributed by atoms with Gasteiger partial charge in [0.15, 0.2) is 0 Å². The molecule has 0 aliphatic carbocycles. The van der Waals surface area contributed by atoms with Crippen molar-refractivity contribution in [3.63, 3.8) is 0 Å². The number of hydrogen-bond donors (Lipinski definition) is 0. The summed E-state index contributed by atoms with van der Waals surface area (Å²) in [6, 6.07) is 8.59. The van der Waals surface area contributed by atoms with Crippen LogP contribution in [0.15, 0.2) is 55.4 Å². The average molecular weight is 309 g/mol. The molecule has 23 heavy (non-hydrogen) atoms. The maximum Gasteiger partial charge on any atom is 0.119 e. The molecule has 0 saturated carbocycles. The topological polar surface area (TPSA) is 47.9 Å². The SMILES string of the molecule is Cn1cc(CN2CC2COc2ccc(-n3ccnc3)cc2)cn1. The molecule has 6 heteroatoms. The third-order valence-electron chi connectivity index (χ3n) is 4.05. The van der Waals surface area contributed by atoms with Gasteiger partial charge in [-0.05, 0) is 24.3 Å². The molecular formula is C17H19N5O. The first-order valence-corrected chi connectivity index (χ1v) is 7.71. The molecule has 0 amide bonds. The van der Waals surface area contributed by atoms with Crippen LogP contribution in [0.4, 0.5) is 0 Å². The molecule has 4 rings (SSSR count). The maximum absolute atomic E-state index is 5.89. The van der Waals surface area contributed by atoms with Crippen molar-refractivity contribution in [1.29, 1.82) is 0 Å². The van der Waals surface area contributed by atoms with E-state index in [9.17, 15) is 0 Å². The van der Waals surface area contributed by atoms with E-state index in [4.69, 9.17) is 4.74 Å². The first-order valence-electron chi connectivity index (χ1n) is 7.71. The predicted molar refractivity (Wildman–Crippen MR) is 86.5 cm³/mol. The summed E-state index contributed by atoms with van der Waals surface area (Å²) in [5.74, 6) is 0.905. The Morgan fingerprint density at radius 1 is 1.26 bits per heavy atom. The minimum absolute atomic E-state index is 0.503. The van der Waals surface area contributed by atoms with Gasteiger partial charge >= 0.3 is 0 Å². The molecule has 1 aromatic carbocycles. The molecule has 1 fully saturated rings. The Labute approximate surface area is 134 Å². The van der Waals surface area contributed by atoms with E-state index in [0.717, 1.165) is 31.1 Å². The zero-order chi connectivity index (χ0) is 15.6.